The number of nitrogens with one attached hydrogen (secondary N) is 2. The zero-order chi connectivity index (χ0) is 13.9. The van der Waals surface area contributed by atoms with Gasteiger partial charge in [-0.25, -0.2) is 0 Å². The Bertz CT molecular complexity index is 360. The van der Waals surface area contributed by atoms with E-state index in [2.05, 4.69) is 29.4 Å². The largest absolute Gasteiger partial charge is 0.311 e. The quantitative estimate of drug-likeness (QED) is 0.627. The molecule has 0 aliphatic carbocycles. The van der Waals surface area contributed by atoms with Crippen LogP contribution in [-0.4, -0.2) is 16.1 Å². The van der Waals surface area contributed by atoms with Crippen LogP contribution in [0.3, 0.4) is 0 Å². The number of hydrogen-bond acceptors (Lipinski definition) is 2. The summed E-state index contributed by atoms with van der Waals surface area (Å²) in [6.07, 6.45) is 11.9. The van der Waals surface area contributed by atoms with Crippen molar-refractivity contribution in [3.05, 3.63) is 11.8 Å². The second-order valence-corrected chi connectivity index (χ2v) is 5.04. The van der Waals surface area contributed by atoms with Crippen molar-refractivity contribution in [1.82, 2.24) is 10.2 Å². The summed E-state index contributed by atoms with van der Waals surface area (Å²) in [5.41, 5.74) is 1.06. The van der Waals surface area contributed by atoms with E-state index in [1.807, 2.05) is 0 Å². The molecule has 0 spiro atoms. The summed E-state index contributed by atoms with van der Waals surface area (Å²) < 4.78 is 0. The predicted molar refractivity (Wildman–Crippen MR) is 79.2 cm³/mol. The van der Waals surface area contributed by atoms with Gasteiger partial charge in [-0.3, -0.25) is 9.89 Å². The lowest BCUT2D eigenvalue weighted by atomic mass is 10.1. The molecule has 0 saturated heterocycles. The van der Waals surface area contributed by atoms with Crippen LogP contribution < -0.4 is 5.32 Å². The number of aryl methyl sites for hydroxylation is 1. The fourth-order valence-electron chi connectivity index (χ4n) is 2.13. The van der Waals surface area contributed by atoms with Gasteiger partial charge in [0, 0.05) is 12.0 Å². The van der Waals surface area contributed by atoms with Gasteiger partial charge in [-0.2, -0.15) is 5.10 Å². The SMILES string of the molecule is CCCCCCCCCC(=O)Nc1[nH]ncc1CC. The Hall–Kier alpha value is -1.32. The van der Waals surface area contributed by atoms with Crippen LogP contribution in [0, 0.1) is 0 Å². The van der Waals surface area contributed by atoms with E-state index in [4.69, 9.17) is 0 Å². The standard InChI is InChI=1S/C15H27N3O/c1-3-5-6-7-8-9-10-11-14(19)17-15-13(4-2)12-16-18-15/h12H,3-11H2,1-2H3,(H2,16,17,18,19). The average molecular weight is 265 g/mol. The first kappa shape index (κ1) is 15.7. The van der Waals surface area contributed by atoms with Gasteiger partial charge >= 0.3 is 0 Å². The third-order valence-corrected chi connectivity index (χ3v) is 3.37. The summed E-state index contributed by atoms with van der Waals surface area (Å²) >= 11 is 0. The van der Waals surface area contributed by atoms with Gasteiger partial charge < -0.3 is 5.32 Å². The van der Waals surface area contributed by atoms with E-state index in [0.717, 1.165) is 30.6 Å². The highest BCUT2D eigenvalue weighted by Crippen LogP contribution is 2.13. The zero-order valence-corrected chi connectivity index (χ0v) is 12.3. The summed E-state index contributed by atoms with van der Waals surface area (Å²) in [6.45, 7) is 4.28. The highest BCUT2D eigenvalue weighted by atomic mass is 16.1. The lowest BCUT2D eigenvalue weighted by Crippen LogP contribution is -2.12. The van der Waals surface area contributed by atoms with Gasteiger partial charge in [0.05, 0.1) is 6.20 Å². The van der Waals surface area contributed by atoms with Gasteiger partial charge in [-0.15, -0.1) is 0 Å². The van der Waals surface area contributed by atoms with Crippen molar-refractivity contribution >= 4 is 11.7 Å². The molecule has 0 aliphatic heterocycles. The molecule has 0 fully saturated rings. The van der Waals surface area contributed by atoms with Crippen LogP contribution in [0.4, 0.5) is 5.82 Å². The van der Waals surface area contributed by atoms with Crippen LogP contribution in [0.15, 0.2) is 6.20 Å². The molecule has 1 rings (SSSR count). The molecule has 4 nitrogen and oxygen atoms in total. The molecule has 0 unspecified atom stereocenters. The topological polar surface area (TPSA) is 57.8 Å². The number of anilines is 1. The van der Waals surface area contributed by atoms with Gasteiger partial charge in [0.1, 0.15) is 5.82 Å². The van der Waals surface area contributed by atoms with Crippen molar-refractivity contribution in [3.63, 3.8) is 0 Å². The molecule has 19 heavy (non-hydrogen) atoms. The normalized spacial score (nSPS) is 10.6. The molecule has 0 aromatic carbocycles. The number of unbranched alkanes of at least 4 members (excludes halogenated alkanes) is 6. The Labute approximate surface area is 116 Å². The van der Waals surface area contributed by atoms with Crippen LogP contribution in [0.1, 0.15) is 70.8 Å². The number of carbonyl (C=O) groups is 1. The third kappa shape index (κ3) is 6.41. The van der Waals surface area contributed by atoms with Crippen molar-refractivity contribution in [2.45, 2.75) is 71.6 Å². The molecule has 2 N–H and O–H groups in total. The van der Waals surface area contributed by atoms with Gasteiger partial charge in [0.25, 0.3) is 0 Å². The molecule has 4 heteroatoms. The molecule has 108 valence electrons. The van der Waals surface area contributed by atoms with Crippen LogP contribution in [0.25, 0.3) is 0 Å². The smallest absolute Gasteiger partial charge is 0.225 e. The van der Waals surface area contributed by atoms with Crippen LogP contribution in [0.2, 0.25) is 0 Å². The van der Waals surface area contributed by atoms with Crippen molar-refractivity contribution in [1.29, 1.82) is 0 Å². The lowest BCUT2D eigenvalue weighted by Gasteiger charge is -2.04. The second-order valence-electron chi connectivity index (χ2n) is 5.04. The number of nitrogens with zero attached hydrogens (tertiary/aromatic N) is 1. The van der Waals surface area contributed by atoms with E-state index < -0.39 is 0 Å². The minimum atomic E-state index is 0.0903. The van der Waals surface area contributed by atoms with E-state index in [1.54, 1.807) is 6.20 Å². The van der Waals surface area contributed by atoms with Crippen LogP contribution in [-0.2, 0) is 11.2 Å². The Morgan fingerprint density at radius 1 is 1.16 bits per heavy atom. The molecule has 1 heterocycles. The van der Waals surface area contributed by atoms with Gasteiger partial charge in [0.2, 0.25) is 5.91 Å². The van der Waals surface area contributed by atoms with E-state index in [-0.39, 0.29) is 5.91 Å². The molecular weight excluding hydrogens is 238 g/mol. The fourth-order valence-corrected chi connectivity index (χ4v) is 2.13. The first-order chi connectivity index (χ1) is 9.27. The lowest BCUT2D eigenvalue weighted by molar-refractivity contribution is -0.116. The average Bonchev–Trinajstić information content (AvgIpc) is 2.85. The molecule has 1 aromatic heterocycles. The Balaban J connectivity index is 2.08. The summed E-state index contributed by atoms with van der Waals surface area (Å²) in [4.78, 5) is 11.8. The third-order valence-electron chi connectivity index (χ3n) is 3.37. The number of aromatic amines is 1. The van der Waals surface area contributed by atoms with E-state index >= 15 is 0 Å². The first-order valence-electron chi connectivity index (χ1n) is 7.60. The van der Waals surface area contributed by atoms with Crippen molar-refractivity contribution in [3.8, 4) is 0 Å². The number of H-pyrrole nitrogens is 1. The zero-order valence-electron chi connectivity index (χ0n) is 12.3. The summed E-state index contributed by atoms with van der Waals surface area (Å²) in [6, 6.07) is 0. The first-order valence-corrected chi connectivity index (χ1v) is 7.60. The highest BCUT2D eigenvalue weighted by molar-refractivity contribution is 5.90. The van der Waals surface area contributed by atoms with Crippen LogP contribution >= 0.6 is 0 Å². The number of rotatable bonds is 10. The Morgan fingerprint density at radius 3 is 2.53 bits per heavy atom. The van der Waals surface area contributed by atoms with E-state index in [1.165, 1.54) is 32.1 Å². The fraction of sp³-hybridized carbons (Fsp3) is 0.733. The molecule has 0 radical (unpaired) electrons. The molecule has 1 aromatic rings. The summed E-state index contributed by atoms with van der Waals surface area (Å²) in [5, 5.41) is 9.67. The van der Waals surface area contributed by atoms with Crippen molar-refractivity contribution < 1.29 is 4.79 Å². The molecular formula is C15H27N3O. The predicted octanol–water partition coefficient (Wildman–Crippen LogP) is 4.05. The highest BCUT2D eigenvalue weighted by Gasteiger charge is 2.07. The molecule has 0 bridgehead atoms. The number of amides is 1. The van der Waals surface area contributed by atoms with Crippen molar-refractivity contribution in [2.75, 3.05) is 5.32 Å². The maximum Gasteiger partial charge on any atom is 0.225 e. The molecule has 0 saturated carbocycles. The van der Waals surface area contributed by atoms with Crippen LogP contribution in [0.5, 0.6) is 0 Å². The van der Waals surface area contributed by atoms with Gasteiger partial charge in [-0.05, 0) is 12.8 Å². The minimum absolute atomic E-state index is 0.0903. The van der Waals surface area contributed by atoms with Crippen molar-refractivity contribution in [2.24, 2.45) is 0 Å². The molecule has 0 aliphatic rings. The van der Waals surface area contributed by atoms with E-state index in [0.29, 0.717) is 6.42 Å². The number of hydrogen-bond donors (Lipinski definition) is 2. The molecule has 0 atom stereocenters. The summed E-state index contributed by atoms with van der Waals surface area (Å²) in [7, 11) is 0. The maximum absolute atomic E-state index is 11.8. The number of aromatic nitrogens is 2. The Kier molecular flexibility index (Phi) is 7.94. The molecule has 1 amide bonds. The van der Waals surface area contributed by atoms with Gasteiger partial charge in [0.15, 0.2) is 0 Å². The number of carbonyl (C=O) groups excluding carboxylic acids is 1. The minimum Gasteiger partial charge on any atom is -0.311 e. The maximum atomic E-state index is 11.8. The second kappa shape index (κ2) is 9.59. The Morgan fingerprint density at radius 2 is 1.84 bits per heavy atom. The van der Waals surface area contributed by atoms with Gasteiger partial charge in [-0.1, -0.05) is 52.4 Å². The monoisotopic (exact) mass is 265 g/mol. The van der Waals surface area contributed by atoms with E-state index in [9.17, 15) is 4.79 Å². The summed E-state index contributed by atoms with van der Waals surface area (Å²) in [5.74, 6) is 0.850.